The summed E-state index contributed by atoms with van der Waals surface area (Å²) in [6.45, 7) is 0. The van der Waals surface area contributed by atoms with Gasteiger partial charge in [0.15, 0.2) is 0 Å². The molecule has 0 amide bonds. The fourth-order valence-electron chi connectivity index (χ4n) is 2.14. The zero-order chi connectivity index (χ0) is 13.8. The van der Waals surface area contributed by atoms with Gasteiger partial charge in [-0.25, -0.2) is 0 Å². The van der Waals surface area contributed by atoms with Gasteiger partial charge in [-0.3, -0.25) is 9.97 Å². The first-order valence-electron chi connectivity index (χ1n) is 6.38. The molecule has 0 saturated carbocycles. The summed E-state index contributed by atoms with van der Waals surface area (Å²) in [5, 5.41) is 0. The minimum atomic E-state index is 0.816. The maximum Gasteiger partial charge on any atom is 0.128 e. The molecule has 0 N–H and O–H groups in total. The lowest BCUT2D eigenvalue weighted by Crippen LogP contribution is -1.91. The van der Waals surface area contributed by atoms with Crippen LogP contribution in [-0.4, -0.2) is 17.1 Å². The van der Waals surface area contributed by atoms with E-state index in [4.69, 9.17) is 4.74 Å². The van der Waals surface area contributed by atoms with Gasteiger partial charge in [-0.15, -0.1) is 0 Å². The van der Waals surface area contributed by atoms with Crippen molar-refractivity contribution in [3.8, 4) is 28.1 Å². The summed E-state index contributed by atoms with van der Waals surface area (Å²) in [6, 6.07) is 15.9. The van der Waals surface area contributed by atoms with Crippen LogP contribution < -0.4 is 4.74 Å². The molecule has 3 nitrogen and oxygen atoms in total. The van der Waals surface area contributed by atoms with Crippen LogP contribution >= 0.6 is 0 Å². The second-order valence-electron chi connectivity index (χ2n) is 4.37. The Kier molecular flexibility index (Phi) is 3.42. The molecule has 3 heteroatoms. The van der Waals surface area contributed by atoms with E-state index in [0.717, 1.165) is 28.1 Å². The van der Waals surface area contributed by atoms with Crippen molar-refractivity contribution in [3.63, 3.8) is 0 Å². The van der Waals surface area contributed by atoms with Gasteiger partial charge in [0.25, 0.3) is 0 Å². The molecule has 1 aromatic carbocycles. The second-order valence-corrected chi connectivity index (χ2v) is 4.37. The van der Waals surface area contributed by atoms with Crippen LogP contribution in [0.4, 0.5) is 0 Å². The predicted octanol–water partition coefficient (Wildman–Crippen LogP) is 3.82. The van der Waals surface area contributed by atoms with Crippen molar-refractivity contribution < 1.29 is 4.74 Å². The molecule has 0 aliphatic rings. The number of hydrogen-bond donors (Lipinski definition) is 0. The standard InChI is InChI=1S/C17H14N2O/c1-20-17-8-7-13(14-5-4-9-18-12-14)11-15(17)16-6-2-3-10-19-16/h2-12H,1H3. The summed E-state index contributed by atoms with van der Waals surface area (Å²) in [5.41, 5.74) is 4.05. The molecule has 2 heterocycles. The Morgan fingerprint density at radius 3 is 2.55 bits per heavy atom. The van der Waals surface area contributed by atoms with Crippen molar-refractivity contribution >= 4 is 0 Å². The third-order valence-electron chi connectivity index (χ3n) is 3.14. The summed E-state index contributed by atoms with van der Waals surface area (Å²) >= 11 is 0. The van der Waals surface area contributed by atoms with Crippen LogP contribution in [0.5, 0.6) is 5.75 Å². The zero-order valence-electron chi connectivity index (χ0n) is 11.2. The molecule has 0 unspecified atom stereocenters. The Morgan fingerprint density at radius 2 is 1.85 bits per heavy atom. The first-order chi connectivity index (χ1) is 9.88. The maximum atomic E-state index is 5.43. The third kappa shape index (κ3) is 2.38. The van der Waals surface area contributed by atoms with Gasteiger partial charge in [-0.1, -0.05) is 18.2 Å². The number of pyridine rings is 2. The van der Waals surface area contributed by atoms with E-state index in [-0.39, 0.29) is 0 Å². The molecule has 3 aromatic rings. The van der Waals surface area contributed by atoms with Crippen molar-refractivity contribution in [3.05, 3.63) is 67.1 Å². The third-order valence-corrected chi connectivity index (χ3v) is 3.14. The molecule has 2 aromatic heterocycles. The Labute approximate surface area is 117 Å². The number of rotatable bonds is 3. The SMILES string of the molecule is COc1ccc(-c2cccnc2)cc1-c1ccccn1. The van der Waals surface area contributed by atoms with Crippen molar-refractivity contribution in [1.82, 2.24) is 9.97 Å². The monoisotopic (exact) mass is 262 g/mol. The van der Waals surface area contributed by atoms with Crippen molar-refractivity contribution in [2.24, 2.45) is 0 Å². The largest absolute Gasteiger partial charge is 0.496 e. The number of benzene rings is 1. The summed E-state index contributed by atoms with van der Waals surface area (Å²) < 4.78 is 5.43. The Balaban J connectivity index is 2.13. The van der Waals surface area contributed by atoms with Gasteiger partial charge >= 0.3 is 0 Å². The topological polar surface area (TPSA) is 35.0 Å². The Hall–Kier alpha value is -2.68. The molecule has 0 bridgehead atoms. The molecule has 0 atom stereocenters. The average molecular weight is 262 g/mol. The Bertz CT molecular complexity index is 697. The van der Waals surface area contributed by atoms with Crippen molar-refractivity contribution in [2.45, 2.75) is 0 Å². The number of ether oxygens (including phenoxy) is 1. The van der Waals surface area contributed by atoms with Gasteiger partial charge in [-0.05, 0) is 35.9 Å². The first-order valence-corrected chi connectivity index (χ1v) is 6.38. The highest BCUT2D eigenvalue weighted by molar-refractivity contribution is 5.75. The lowest BCUT2D eigenvalue weighted by molar-refractivity contribution is 0.416. The summed E-state index contributed by atoms with van der Waals surface area (Å²) in [4.78, 5) is 8.56. The van der Waals surface area contributed by atoms with Gasteiger partial charge in [-0.2, -0.15) is 0 Å². The van der Waals surface area contributed by atoms with E-state index >= 15 is 0 Å². The molecular weight excluding hydrogens is 248 g/mol. The average Bonchev–Trinajstić information content (AvgIpc) is 2.56. The molecule has 0 radical (unpaired) electrons. The number of nitrogens with zero attached hydrogens (tertiary/aromatic N) is 2. The minimum absolute atomic E-state index is 0.816. The smallest absolute Gasteiger partial charge is 0.128 e. The second kappa shape index (κ2) is 5.53. The van der Waals surface area contributed by atoms with E-state index in [1.165, 1.54) is 0 Å². The van der Waals surface area contributed by atoms with Crippen LogP contribution in [0.3, 0.4) is 0 Å². The summed E-state index contributed by atoms with van der Waals surface area (Å²) in [7, 11) is 1.67. The number of hydrogen-bond acceptors (Lipinski definition) is 3. The molecule has 0 aliphatic heterocycles. The van der Waals surface area contributed by atoms with E-state index in [1.54, 1.807) is 19.5 Å². The molecule has 0 saturated heterocycles. The fraction of sp³-hybridized carbons (Fsp3) is 0.0588. The highest BCUT2D eigenvalue weighted by Gasteiger charge is 2.09. The summed E-state index contributed by atoms with van der Waals surface area (Å²) in [6.07, 6.45) is 5.40. The minimum Gasteiger partial charge on any atom is -0.496 e. The van der Waals surface area contributed by atoms with Crippen LogP contribution in [0, 0.1) is 0 Å². The summed E-state index contributed by atoms with van der Waals surface area (Å²) in [5.74, 6) is 0.816. The molecule has 0 fully saturated rings. The van der Waals surface area contributed by atoms with Crippen LogP contribution in [0.25, 0.3) is 22.4 Å². The van der Waals surface area contributed by atoms with Crippen LogP contribution in [-0.2, 0) is 0 Å². The fourth-order valence-corrected chi connectivity index (χ4v) is 2.14. The highest BCUT2D eigenvalue weighted by atomic mass is 16.5. The van der Waals surface area contributed by atoms with E-state index < -0.39 is 0 Å². The van der Waals surface area contributed by atoms with Crippen LogP contribution in [0.2, 0.25) is 0 Å². The molecule has 0 aliphatic carbocycles. The van der Waals surface area contributed by atoms with Gasteiger partial charge in [0.2, 0.25) is 0 Å². The highest BCUT2D eigenvalue weighted by Crippen LogP contribution is 2.32. The van der Waals surface area contributed by atoms with Gasteiger partial charge in [0.05, 0.1) is 12.8 Å². The molecule has 20 heavy (non-hydrogen) atoms. The molecule has 0 spiro atoms. The number of methoxy groups -OCH3 is 1. The maximum absolute atomic E-state index is 5.43. The quantitative estimate of drug-likeness (QED) is 0.719. The van der Waals surface area contributed by atoms with Crippen molar-refractivity contribution in [2.75, 3.05) is 7.11 Å². The van der Waals surface area contributed by atoms with E-state index in [9.17, 15) is 0 Å². The van der Waals surface area contributed by atoms with Gasteiger partial charge < -0.3 is 4.74 Å². The molecule has 98 valence electrons. The van der Waals surface area contributed by atoms with E-state index in [0.29, 0.717) is 0 Å². The lowest BCUT2D eigenvalue weighted by atomic mass is 10.0. The predicted molar refractivity (Wildman–Crippen MR) is 79.5 cm³/mol. The van der Waals surface area contributed by atoms with E-state index in [2.05, 4.69) is 16.0 Å². The number of aromatic nitrogens is 2. The molecular formula is C17H14N2O. The van der Waals surface area contributed by atoms with Crippen LogP contribution in [0.1, 0.15) is 0 Å². The van der Waals surface area contributed by atoms with E-state index in [1.807, 2.05) is 48.7 Å². The normalized spacial score (nSPS) is 10.2. The van der Waals surface area contributed by atoms with Crippen LogP contribution in [0.15, 0.2) is 67.1 Å². The van der Waals surface area contributed by atoms with Gasteiger partial charge in [0, 0.05) is 29.7 Å². The lowest BCUT2D eigenvalue weighted by Gasteiger charge is -2.10. The first kappa shape index (κ1) is 12.4. The van der Waals surface area contributed by atoms with Crippen molar-refractivity contribution in [1.29, 1.82) is 0 Å². The zero-order valence-corrected chi connectivity index (χ0v) is 11.2. The molecule has 3 rings (SSSR count). The van der Waals surface area contributed by atoms with Gasteiger partial charge in [0.1, 0.15) is 5.75 Å². The Morgan fingerprint density at radius 1 is 0.900 bits per heavy atom.